The van der Waals surface area contributed by atoms with Crippen molar-refractivity contribution in [1.82, 2.24) is 10.6 Å². The van der Waals surface area contributed by atoms with Crippen LogP contribution in [-0.2, 0) is 9.59 Å². The van der Waals surface area contributed by atoms with Gasteiger partial charge < -0.3 is 29.6 Å². The molecule has 2 amide bonds. The molecule has 2 aliphatic heterocycles. The first-order valence-corrected chi connectivity index (χ1v) is 13.9. The van der Waals surface area contributed by atoms with E-state index in [1.165, 1.54) is 0 Å². The Labute approximate surface area is 225 Å². The molecule has 8 heteroatoms. The fraction of sp³-hybridized carbons (Fsp3) is 0.533. The zero-order chi connectivity index (χ0) is 26.7. The highest BCUT2D eigenvalue weighted by atomic mass is 16.6. The summed E-state index contributed by atoms with van der Waals surface area (Å²) in [6.45, 7) is 4.75. The Hall–Kier alpha value is -3.42. The lowest BCUT2D eigenvalue weighted by molar-refractivity contribution is -0.123. The number of para-hydroxylation sites is 4. The third-order valence-corrected chi connectivity index (χ3v) is 7.01. The predicted octanol–water partition coefficient (Wildman–Crippen LogP) is 4.80. The van der Waals surface area contributed by atoms with Crippen molar-refractivity contribution in [2.75, 3.05) is 13.2 Å². The topological polar surface area (TPSA) is 95.1 Å². The fourth-order valence-electron chi connectivity index (χ4n) is 4.68. The van der Waals surface area contributed by atoms with Crippen LogP contribution >= 0.6 is 0 Å². The van der Waals surface area contributed by atoms with Crippen LogP contribution in [0, 0.1) is 0 Å². The van der Waals surface area contributed by atoms with Gasteiger partial charge in [0.15, 0.2) is 35.2 Å². The van der Waals surface area contributed by atoms with Gasteiger partial charge in [0, 0.05) is 12.8 Å². The summed E-state index contributed by atoms with van der Waals surface area (Å²) in [7, 11) is 0. The molecule has 2 aliphatic rings. The summed E-state index contributed by atoms with van der Waals surface area (Å²) in [6.07, 6.45) is 6.45. The molecule has 0 fully saturated rings. The number of carbonyl (C=O) groups is 2. The minimum atomic E-state index is -0.200. The third-order valence-electron chi connectivity index (χ3n) is 7.01. The third kappa shape index (κ3) is 8.04. The quantitative estimate of drug-likeness (QED) is 0.366. The molecular weight excluding hydrogens is 484 g/mol. The van der Waals surface area contributed by atoms with Crippen molar-refractivity contribution in [2.24, 2.45) is 0 Å². The minimum Gasteiger partial charge on any atom is -0.486 e. The molecule has 0 radical (unpaired) electrons. The van der Waals surface area contributed by atoms with Gasteiger partial charge in [0.05, 0.1) is 12.1 Å². The van der Waals surface area contributed by atoms with Gasteiger partial charge in [-0.15, -0.1) is 0 Å². The van der Waals surface area contributed by atoms with E-state index in [-0.39, 0.29) is 36.1 Å². The van der Waals surface area contributed by atoms with Crippen molar-refractivity contribution in [1.29, 1.82) is 0 Å². The molecule has 206 valence electrons. The number of ether oxygens (including phenoxy) is 4. The summed E-state index contributed by atoms with van der Waals surface area (Å²) < 4.78 is 23.4. The van der Waals surface area contributed by atoms with Crippen molar-refractivity contribution in [3.05, 3.63) is 48.5 Å². The molecule has 0 aliphatic carbocycles. The lowest BCUT2D eigenvalue weighted by atomic mass is 10.1. The van der Waals surface area contributed by atoms with E-state index >= 15 is 0 Å². The number of amides is 2. The molecule has 0 saturated heterocycles. The van der Waals surface area contributed by atoms with Gasteiger partial charge in [-0.25, -0.2) is 0 Å². The Morgan fingerprint density at radius 3 is 1.45 bits per heavy atom. The van der Waals surface area contributed by atoms with Crippen LogP contribution in [0.1, 0.15) is 65.2 Å². The zero-order valence-electron chi connectivity index (χ0n) is 22.4. The van der Waals surface area contributed by atoms with Gasteiger partial charge in [0.2, 0.25) is 11.8 Å². The number of benzene rings is 2. The van der Waals surface area contributed by atoms with Crippen molar-refractivity contribution >= 4 is 11.8 Å². The van der Waals surface area contributed by atoms with E-state index in [4.69, 9.17) is 18.9 Å². The summed E-state index contributed by atoms with van der Waals surface area (Å²) >= 11 is 0. The Morgan fingerprint density at radius 2 is 1.03 bits per heavy atom. The molecule has 0 saturated carbocycles. The molecular formula is C30H40N2O6. The molecule has 0 spiro atoms. The summed E-state index contributed by atoms with van der Waals surface area (Å²) in [4.78, 5) is 24.7. The first-order chi connectivity index (χ1) is 18.5. The SMILES string of the molecule is C[C@H](NC(=O)CCCCCCCCC(=O)N[C@H](C)[C@@H]1COc2ccccc2O1)[C@@H]1COc2ccccc2O1. The lowest BCUT2D eigenvalue weighted by Gasteiger charge is -2.30. The van der Waals surface area contributed by atoms with E-state index in [1.54, 1.807) is 0 Å². The summed E-state index contributed by atoms with van der Waals surface area (Å²) in [5.41, 5.74) is 0. The highest BCUT2D eigenvalue weighted by molar-refractivity contribution is 5.76. The predicted molar refractivity (Wildman–Crippen MR) is 145 cm³/mol. The number of hydrogen-bond donors (Lipinski definition) is 2. The first kappa shape index (κ1) is 27.6. The molecule has 4 atom stereocenters. The van der Waals surface area contributed by atoms with Crippen molar-refractivity contribution in [2.45, 2.75) is 89.5 Å². The maximum absolute atomic E-state index is 12.3. The van der Waals surface area contributed by atoms with Crippen LogP contribution in [0.2, 0.25) is 0 Å². The number of carbonyl (C=O) groups excluding carboxylic acids is 2. The maximum Gasteiger partial charge on any atom is 0.220 e. The number of hydrogen-bond acceptors (Lipinski definition) is 6. The van der Waals surface area contributed by atoms with Crippen LogP contribution in [0.25, 0.3) is 0 Å². The zero-order valence-corrected chi connectivity index (χ0v) is 22.4. The van der Waals surface area contributed by atoms with Crippen LogP contribution in [0.5, 0.6) is 23.0 Å². The lowest BCUT2D eigenvalue weighted by Crippen LogP contribution is -2.48. The molecule has 0 bridgehead atoms. The average molecular weight is 525 g/mol. The Balaban J connectivity index is 1.000. The number of rotatable bonds is 13. The molecule has 2 N–H and O–H groups in total. The average Bonchev–Trinajstić information content (AvgIpc) is 2.93. The van der Waals surface area contributed by atoms with E-state index in [9.17, 15) is 9.59 Å². The van der Waals surface area contributed by atoms with E-state index in [0.717, 1.165) is 61.5 Å². The molecule has 4 rings (SSSR count). The van der Waals surface area contributed by atoms with Gasteiger partial charge in [0.25, 0.3) is 0 Å². The van der Waals surface area contributed by atoms with Gasteiger partial charge in [0.1, 0.15) is 13.2 Å². The van der Waals surface area contributed by atoms with E-state index in [1.807, 2.05) is 62.4 Å². The van der Waals surface area contributed by atoms with Crippen molar-refractivity contribution in [3.63, 3.8) is 0 Å². The molecule has 2 aromatic rings. The van der Waals surface area contributed by atoms with Gasteiger partial charge in [-0.05, 0) is 51.0 Å². The summed E-state index contributed by atoms with van der Waals surface area (Å²) in [5, 5.41) is 6.09. The Kier molecular flexibility index (Phi) is 10.1. The first-order valence-electron chi connectivity index (χ1n) is 13.9. The summed E-state index contributed by atoms with van der Waals surface area (Å²) in [5.74, 6) is 3.01. The Bertz CT molecular complexity index is 977. The molecule has 0 aromatic heterocycles. The van der Waals surface area contributed by atoms with E-state index in [0.29, 0.717) is 26.1 Å². The van der Waals surface area contributed by atoms with E-state index < -0.39 is 0 Å². The minimum absolute atomic E-state index is 0.0431. The maximum atomic E-state index is 12.3. The largest absolute Gasteiger partial charge is 0.486 e. The van der Waals surface area contributed by atoms with Gasteiger partial charge in [-0.2, -0.15) is 0 Å². The van der Waals surface area contributed by atoms with Crippen molar-refractivity contribution < 1.29 is 28.5 Å². The second-order valence-corrected chi connectivity index (χ2v) is 10.2. The standard InChI is InChI=1S/C30H40N2O6/c1-21(27-19-35-23-13-9-11-15-25(23)37-27)31-29(33)17-7-5-3-4-6-8-18-30(34)32-22(2)28-20-36-24-14-10-12-16-26(24)38-28/h9-16,21-22,27-28H,3-8,17-20H2,1-2H3,(H,31,33)(H,32,34)/t21-,22+,27-,28-/m0/s1. The summed E-state index contributed by atoms with van der Waals surface area (Å²) in [6, 6.07) is 14.9. The molecule has 38 heavy (non-hydrogen) atoms. The highest BCUT2D eigenvalue weighted by Gasteiger charge is 2.28. The number of unbranched alkanes of at least 4 members (excludes halogenated alkanes) is 5. The van der Waals surface area contributed by atoms with E-state index in [2.05, 4.69) is 10.6 Å². The van der Waals surface area contributed by atoms with Crippen LogP contribution in [0.4, 0.5) is 0 Å². The van der Waals surface area contributed by atoms with Gasteiger partial charge in [-0.1, -0.05) is 49.9 Å². The molecule has 0 unspecified atom stereocenters. The molecule has 2 heterocycles. The number of nitrogens with one attached hydrogen (secondary N) is 2. The van der Waals surface area contributed by atoms with Crippen LogP contribution in [-0.4, -0.2) is 49.3 Å². The van der Waals surface area contributed by atoms with Gasteiger partial charge in [-0.3, -0.25) is 9.59 Å². The normalized spacial score (nSPS) is 19.2. The second-order valence-electron chi connectivity index (χ2n) is 10.2. The van der Waals surface area contributed by atoms with Crippen LogP contribution in [0.15, 0.2) is 48.5 Å². The number of fused-ring (bicyclic) bond motifs is 2. The fourth-order valence-corrected chi connectivity index (χ4v) is 4.68. The molecule has 2 aromatic carbocycles. The van der Waals surface area contributed by atoms with Crippen LogP contribution < -0.4 is 29.6 Å². The smallest absolute Gasteiger partial charge is 0.220 e. The van der Waals surface area contributed by atoms with Crippen LogP contribution in [0.3, 0.4) is 0 Å². The second kappa shape index (κ2) is 13.9. The van der Waals surface area contributed by atoms with Gasteiger partial charge >= 0.3 is 0 Å². The van der Waals surface area contributed by atoms with Crippen molar-refractivity contribution in [3.8, 4) is 23.0 Å². The Morgan fingerprint density at radius 1 is 0.658 bits per heavy atom. The molecule has 8 nitrogen and oxygen atoms in total. The highest BCUT2D eigenvalue weighted by Crippen LogP contribution is 2.32. The monoisotopic (exact) mass is 524 g/mol.